The summed E-state index contributed by atoms with van der Waals surface area (Å²) in [6.45, 7) is 9.48. The Kier molecular flexibility index (Phi) is 6.70. The number of aromatic nitrogens is 3. The van der Waals surface area contributed by atoms with E-state index < -0.39 is 0 Å². The monoisotopic (exact) mass is 447 g/mol. The molecule has 0 aliphatic carbocycles. The number of rotatable bonds is 5. The van der Waals surface area contributed by atoms with Crippen molar-refractivity contribution in [3.8, 4) is 0 Å². The summed E-state index contributed by atoms with van der Waals surface area (Å²) < 4.78 is 15.4. The second-order valence-electron chi connectivity index (χ2n) is 8.41. The molecule has 2 aliphatic rings. The Morgan fingerprint density at radius 1 is 1.30 bits per heavy atom. The molecule has 2 aromatic rings. The lowest BCUT2D eigenvalue weighted by atomic mass is 9.97. The van der Waals surface area contributed by atoms with Crippen LogP contribution in [0.25, 0.3) is 11.1 Å². The van der Waals surface area contributed by atoms with Gasteiger partial charge >= 0.3 is 0 Å². The molecule has 0 aromatic carbocycles. The van der Waals surface area contributed by atoms with Gasteiger partial charge in [-0.3, -0.25) is 20.1 Å². The van der Waals surface area contributed by atoms with Crippen LogP contribution < -0.4 is 11.0 Å². The molecule has 0 fully saturated rings. The van der Waals surface area contributed by atoms with E-state index in [-0.39, 0.29) is 17.6 Å². The zero-order valence-corrected chi connectivity index (χ0v) is 19.6. The van der Waals surface area contributed by atoms with E-state index in [0.717, 1.165) is 46.5 Å². The number of halogens is 1. The van der Waals surface area contributed by atoms with Crippen molar-refractivity contribution < 1.29 is 4.39 Å². The Hall–Kier alpha value is -3.32. The minimum absolute atomic E-state index is 0.106. The maximum Gasteiger partial charge on any atom is 0.272 e. The Balaban J connectivity index is 1.60. The summed E-state index contributed by atoms with van der Waals surface area (Å²) in [6, 6.07) is 3.61. The second-order valence-corrected chi connectivity index (χ2v) is 8.41. The third kappa shape index (κ3) is 4.59. The molecule has 4 rings (SSSR count). The van der Waals surface area contributed by atoms with E-state index in [2.05, 4.69) is 28.3 Å². The summed E-state index contributed by atoms with van der Waals surface area (Å²) in [6.07, 6.45) is 11.6. The SMILES string of the molecule is C\C=C(/C=C\C(F)=C\CC)c1cnc2c(c1)CN(C1Nn3c(nccc3=O)C(C)=C1C)CC2. The molecule has 0 spiro atoms. The topological polar surface area (TPSA) is 63.1 Å². The molecule has 0 saturated heterocycles. The van der Waals surface area contributed by atoms with Gasteiger partial charge in [-0.25, -0.2) is 14.1 Å². The van der Waals surface area contributed by atoms with E-state index in [1.807, 2.05) is 33.0 Å². The maximum absolute atomic E-state index is 13.8. The van der Waals surface area contributed by atoms with Crippen LogP contribution in [0.2, 0.25) is 0 Å². The van der Waals surface area contributed by atoms with Crippen molar-refractivity contribution in [1.29, 1.82) is 0 Å². The van der Waals surface area contributed by atoms with Crippen molar-refractivity contribution >= 4 is 11.1 Å². The predicted molar refractivity (Wildman–Crippen MR) is 131 cm³/mol. The number of allylic oxidation sites excluding steroid dienone is 7. The summed E-state index contributed by atoms with van der Waals surface area (Å²) in [7, 11) is 0. The van der Waals surface area contributed by atoms with Crippen molar-refractivity contribution in [2.45, 2.75) is 53.2 Å². The molecule has 0 amide bonds. The number of nitrogens with zero attached hydrogens (tertiary/aromatic N) is 4. The first-order chi connectivity index (χ1) is 15.9. The van der Waals surface area contributed by atoms with Crippen LogP contribution in [0.3, 0.4) is 0 Å². The second kappa shape index (κ2) is 9.67. The van der Waals surface area contributed by atoms with Gasteiger partial charge in [-0.15, -0.1) is 0 Å². The van der Waals surface area contributed by atoms with E-state index in [9.17, 15) is 9.18 Å². The number of hydrogen-bond acceptors (Lipinski definition) is 5. The summed E-state index contributed by atoms with van der Waals surface area (Å²) >= 11 is 0. The smallest absolute Gasteiger partial charge is 0.272 e. The van der Waals surface area contributed by atoms with E-state index in [0.29, 0.717) is 18.8 Å². The summed E-state index contributed by atoms with van der Waals surface area (Å²) in [5.41, 5.74) is 9.52. The number of nitrogens with one attached hydrogen (secondary N) is 1. The Morgan fingerprint density at radius 2 is 2.12 bits per heavy atom. The van der Waals surface area contributed by atoms with Gasteiger partial charge in [0.15, 0.2) is 5.82 Å². The minimum Gasteiger partial charge on any atom is -0.300 e. The van der Waals surface area contributed by atoms with Gasteiger partial charge in [0.2, 0.25) is 0 Å². The van der Waals surface area contributed by atoms with Crippen LogP contribution in [0, 0.1) is 0 Å². The molecule has 0 saturated carbocycles. The van der Waals surface area contributed by atoms with Crippen LogP contribution >= 0.6 is 0 Å². The van der Waals surface area contributed by atoms with E-state index in [4.69, 9.17) is 4.98 Å². The highest BCUT2D eigenvalue weighted by atomic mass is 19.1. The van der Waals surface area contributed by atoms with Crippen LogP contribution in [-0.4, -0.2) is 32.3 Å². The molecular formula is C26H30FN5O. The molecule has 1 unspecified atom stereocenters. The van der Waals surface area contributed by atoms with Gasteiger partial charge in [0.1, 0.15) is 12.0 Å². The molecule has 0 bridgehead atoms. The number of hydrogen-bond donors (Lipinski definition) is 1. The first kappa shape index (κ1) is 22.9. The maximum atomic E-state index is 13.8. The van der Waals surface area contributed by atoms with Gasteiger partial charge in [0.05, 0.1) is 0 Å². The van der Waals surface area contributed by atoms with Crippen LogP contribution in [0.5, 0.6) is 0 Å². The first-order valence-electron chi connectivity index (χ1n) is 11.4. The van der Waals surface area contributed by atoms with E-state index in [1.54, 1.807) is 18.3 Å². The van der Waals surface area contributed by atoms with Gasteiger partial charge in [-0.1, -0.05) is 19.1 Å². The average Bonchev–Trinajstić information content (AvgIpc) is 2.82. The number of fused-ring (bicyclic) bond motifs is 2. The standard InChI is InChI=1S/C26H30FN5O/c1-5-7-22(27)9-8-19(6-2)20-14-21-16-31(13-11-23(21)29-15-20)26-18(4)17(3)25-28-12-10-24(33)32(25)30-26/h6-10,12,14-15,26,30H,5,11,13,16H2,1-4H3/b9-8-,19-6+,22-7-. The average molecular weight is 448 g/mol. The largest absolute Gasteiger partial charge is 0.300 e. The predicted octanol–water partition coefficient (Wildman–Crippen LogP) is 4.60. The van der Waals surface area contributed by atoms with Crippen molar-refractivity contribution in [2.75, 3.05) is 12.0 Å². The van der Waals surface area contributed by atoms with Crippen molar-refractivity contribution in [3.63, 3.8) is 0 Å². The molecule has 2 aromatic heterocycles. The van der Waals surface area contributed by atoms with Crippen LogP contribution in [0.4, 0.5) is 4.39 Å². The molecule has 172 valence electrons. The molecule has 33 heavy (non-hydrogen) atoms. The first-order valence-corrected chi connectivity index (χ1v) is 11.4. The van der Waals surface area contributed by atoms with Crippen LogP contribution in [-0.2, 0) is 13.0 Å². The fraction of sp³-hybridized carbons (Fsp3) is 0.346. The third-order valence-electron chi connectivity index (χ3n) is 6.33. The molecule has 6 nitrogen and oxygen atoms in total. The van der Waals surface area contributed by atoms with Crippen molar-refractivity contribution in [1.82, 2.24) is 19.5 Å². The van der Waals surface area contributed by atoms with Gasteiger partial charge in [-0.2, -0.15) is 0 Å². The quantitative estimate of drug-likeness (QED) is 0.679. The van der Waals surface area contributed by atoms with Gasteiger partial charge in [0.25, 0.3) is 5.56 Å². The van der Waals surface area contributed by atoms with Gasteiger partial charge < -0.3 is 0 Å². The molecular weight excluding hydrogens is 417 g/mol. The van der Waals surface area contributed by atoms with Gasteiger partial charge in [-0.05, 0) is 67.7 Å². The third-order valence-corrected chi connectivity index (χ3v) is 6.33. The van der Waals surface area contributed by atoms with Crippen molar-refractivity contribution in [2.24, 2.45) is 0 Å². The fourth-order valence-corrected chi connectivity index (χ4v) is 4.37. The number of pyridine rings is 1. The lowest BCUT2D eigenvalue weighted by Gasteiger charge is -2.40. The summed E-state index contributed by atoms with van der Waals surface area (Å²) in [5.74, 6) is 0.423. The normalized spacial score (nSPS) is 19.5. The zero-order chi connectivity index (χ0) is 23.5. The Labute approximate surface area is 193 Å². The molecule has 2 aliphatic heterocycles. The Bertz CT molecular complexity index is 1240. The minimum atomic E-state index is -0.236. The summed E-state index contributed by atoms with van der Waals surface area (Å²) in [4.78, 5) is 23.8. The van der Waals surface area contributed by atoms with Crippen molar-refractivity contribution in [3.05, 3.63) is 93.2 Å². The molecule has 1 atom stereocenters. The lowest BCUT2D eigenvalue weighted by molar-refractivity contribution is 0.204. The van der Waals surface area contributed by atoms with Gasteiger partial charge in [0, 0.05) is 49.2 Å². The molecule has 1 N–H and O–H groups in total. The Morgan fingerprint density at radius 3 is 2.88 bits per heavy atom. The van der Waals surface area contributed by atoms with E-state index in [1.165, 1.54) is 16.8 Å². The molecule has 4 heterocycles. The highest BCUT2D eigenvalue weighted by Crippen LogP contribution is 2.29. The molecule has 7 heteroatoms. The highest BCUT2D eigenvalue weighted by molar-refractivity contribution is 5.74. The summed E-state index contributed by atoms with van der Waals surface area (Å²) in [5, 5.41) is 0. The zero-order valence-electron chi connectivity index (χ0n) is 19.6. The molecule has 0 radical (unpaired) electrons. The van der Waals surface area contributed by atoms with Crippen LogP contribution in [0.15, 0.2) is 65.0 Å². The van der Waals surface area contributed by atoms with E-state index >= 15 is 0 Å². The van der Waals surface area contributed by atoms with Crippen LogP contribution in [0.1, 0.15) is 56.8 Å². The highest BCUT2D eigenvalue weighted by Gasteiger charge is 2.31. The fourth-order valence-electron chi connectivity index (χ4n) is 4.37. The lowest BCUT2D eigenvalue weighted by Crippen LogP contribution is -2.52.